The Kier molecular flexibility index (Phi) is 5.64. The summed E-state index contributed by atoms with van der Waals surface area (Å²) in [6.07, 6.45) is 0.260. The molecule has 1 aromatic rings. The number of hydrogen-bond donors (Lipinski definition) is 1. The molecule has 114 valence electrons. The van der Waals surface area contributed by atoms with Crippen LogP contribution in [-0.4, -0.2) is 46.9 Å². The fourth-order valence-corrected chi connectivity index (χ4v) is 2.52. The van der Waals surface area contributed by atoms with E-state index in [-0.39, 0.29) is 12.2 Å². The van der Waals surface area contributed by atoms with Gasteiger partial charge in [-0.2, -0.15) is 0 Å². The normalized spacial score (nSPS) is 12.8. The highest BCUT2D eigenvalue weighted by molar-refractivity contribution is 7.90. The van der Waals surface area contributed by atoms with Crippen LogP contribution in [0.4, 0.5) is 0 Å². The Morgan fingerprint density at radius 1 is 1.10 bits per heavy atom. The maximum atomic E-state index is 11.2. The first-order valence-electron chi connectivity index (χ1n) is 5.98. The fraction of sp³-hybridized carbons (Fsp3) is 0.538. The van der Waals surface area contributed by atoms with E-state index in [4.69, 9.17) is 14.2 Å². The number of hydrogen-bond acceptors (Lipinski definition) is 6. The van der Waals surface area contributed by atoms with Crippen molar-refractivity contribution in [1.82, 2.24) is 0 Å². The lowest BCUT2D eigenvalue weighted by Crippen LogP contribution is -2.10. The second kappa shape index (κ2) is 6.81. The van der Waals surface area contributed by atoms with Gasteiger partial charge in [-0.15, -0.1) is 0 Å². The van der Waals surface area contributed by atoms with Crippen LogP contribution in [0.2, 0.25) is 0 Å². The topological polar surface area (TPSA) is 82.1 Å². The first kappa shape index (κ1) is 16.6. The first-order chi connectivity index (χ1) is 9.34. The van der Waals surface area contributed by atoms with Gasteiger partial charge in [-0.25, -0.2) is 8.42 Å². The van der Waals surface area contributed by atoms with Crippen LogP contribution in [0.25, 0.3) is 0 Å². The van der Waals surface area contributed by atoms with Crippen molar-refractivity contribution in [2.75, 3.05) is 33.3 Å². The molecule has 1 aromatic carbocycles. The van der Waals surface area contributed by atoms with Gasteiger partial charge in [0.05, 0.1) is 33.2 Å². The van der Waals surface area contributed by atoms with Gasteiger partial charge in [0.1, 0.15) is 9.84 Å². The Morgan fingerprint density at radius 2 is 1.70 bits per heavy atom. The molecule has 7 heteroatoms. The number of sulfone groups is 1. The minimum atomic E-state index is -3.13. The van der Waals surface area contributed by atoms with Crippen molar-refractivity contribution in [1.29, 1.82) is 0 Å². The zero-order valence-electron chi connectivity index (χ0n) is 12.0. The van der Waals surface area contributed by atoms with Crippen LogP contribution in [0.1, 0.15) is 18.1 Å². The predicted molar refractivity (Wildman–Crippen MR) is 75.4 cm³/mol. The predicted octanol–water partition coefficient (Wildman–Crippen LogP) is 1.18. The summed E-state index contributed by atoms with van der Waals surface area (Å²) in [7, 11) is 1.28. The van der Waals surface area contributed by atoms with E-state index in [1.165, 1.54) is 21.3 Å². The molecule has 0 amide bonds. The fourth-order valence-electron chi connectivity index (χ4n) is 1.87. The molecule has 1 rings (SSSR count). The molecule has 20 heavy (non-hydrogen) atoms. The van der Waals surface area contributed by atoms with Crippen molar-refractivity contribution in [3.05, 3.63) is 17.7 Å². The molecule has 0 fully saturated rings. The van der Waals surface area contributed by atoms with E-state index < -0.39 is 15.9 Å². The monoisotopic (exact) mass is 304 g/mol. The highest BCUT2D eigenvalue weighted by atomic mass is 32.2. The van der Waals surface area contributed by atoms with Gasteiger partial charge in [0.15, 0.2) is 11.5 Å². The minimum Gasteiger partial charge on any atom is -0.493 e. The van der Waals surface area contributed by atoms with E-state index in [2.05, 4.69) is 0 Å². The molecule has 0 heterocycles. The molecule has 0 aromatic heterocycles. The first-order valence-corrected chi connectivity index (χ1v) is 8.04. The van der Waals surface area contributed by atoms with Gasteiger partial charge in [-0.1, -0.05) is 0 Å². The smallest absolute Gasteiger partial charge is 0.203 e. The molecule has 0 saturated heterocycles. The third-order valence-corrected chi connectivity index (χ3v) is 3.83. The molecular formula is C13H20O6S. The van der Waals surface area contributed by atoms with Gasteiger partial charge < -0.3 is 19.3 Å². The summed E-state index contributed by atoms with van der Waals surface area (Å²) in [6, 6.07) is 3.27. The van der Waals surface area contributed by atoms with Crippen LogP contribution >= 0.6 is 0 Å². The lowest BCUT2D eigenvalue weighted by Gasteiger charge is -2.18. The summed E-state index contributed by atoms with van der Waals surface area (Å²) >= 11 is 0. The average molecular weight is 304 g/mol. The molecule has 0 aliphatic rings. The molecule has 0 bridgehead atoms. The average Bonchev–Trinajstić information content (AvgIpc) is 2.41. The molecule has 0 aliphatic carbocycles. The molecule has 0 spiro atoms. The van der Waals surface area contributed by atoms with Gasteiger partial charge in [0, 0.05) is 11.8 Å². The molecule has 1 unspecified atom stereocenters. The van der Waals surface area contributed by atoms with E-state index >= 15 is 0 Å². The maximum Gasteiger partial charge on any atom is 0.203 e. The molecule has 0 aliphatic heterocycles. The van der Waals surface area contributed by atoms with Crippen LogP contribution in [0, 0.1) is 0 Å². The van der Waals surface area contributed by atoms with Crippen LogP contribution in [-0.2, 0) is 9.84 Å². The Bertz CT molecular complexity index is 552. The van der Waals surface area contributed by atoms with Gasteiger partial charge in [0.2, 0.25) is 5.75 Å². The van der Waals surface area contributed by atoms with Crippen molar-refractivity contribution in [2.24, 2.45) is 0 Å². The number of ether oxygens (including phenoxy) is 3. The number of benzene rings is 1. The van der Waals surface area contributed by atoms with Crippen LogP contribution in [0.5, 0.6) is 17.2 Å². The van der Waals surface area contributed by atoms with Crippen molar-refractivity contribution in [3.8, 4) is 17.2 Å². The van der Waals surface area contributed by atoms with Crippen LogP contribution < -0.4 is 14.2 Å². The molecule has 0 radical (unpaired) electrons. The summed E-state index contributed by atoms with van der Waals surface area (Å²) in [6.45, 7) is 0. The van der Waals surface area contributed by atoms with Gasteiger partial charge in [-0.05, 0) is 18.6 Å². The second-order valence-electron chi connectivity index (χ2n) is 4.36. The minimum absolute atomic E-state index is 0.0880. The molecule has 1 atom stereocenters. The van der Waals surface area contributed by atoms with Crippen LogP contribution in [0.15, 0.2) is 12.1 Å². The van der Waals surface area contributed by atoms with Crippen molar-refractivity contribution < 1.29 is 27.7 Å². The lowest BCUT2D eigenvalue weighted by molar-refractivity contribution is 0.168. The molecule has 0 saturated carbocycles. The van der Waals surface area contributed by atoms with Crippen molar-refractivity contribution in [2.45, 2.75) is 12.5 Å². The van der Waals surface area contributed by atoms with Crippen LogP contribution in [0.3, 0.4) is 0 Å². The Morgan fingerprint density at radius 3 is 2.15 bits per heavy atom. The summed E-state index contributed by atoms with van der Waals surface area (Å²) in [5.74, 6) is 1.08. The highest BCUT2D eigenvalue weighted by Gasteiger charge is 2.21. The van der Waals surface area contributed by atoms with E-state index in [9.17, 15) is 13.5 Å². The summed E-state index contributed by atoms with van der Waals surface area (Å²) in [5, 5.41) is 10.1. The van der Waals surface area contributed by atoms with Gasteiger partial charge in [-0.3, -0.25) is 0 Å². The Balaban J connectivity index is 3.11. The third kappa shape index (κ3) is 4.01. The number of rotatable bonds is 7. The van der Waals surface area contributed by atoms with Gasteiger partial charge in [0.25, 0.3) is 0 Å². The Hall–Kier alpha value is -1.47. The summed E-state index contributed by atoms with van der Waals surface area (Å²) < 4.78 is 37.9. The third-order valence-electron chi connectivity index (χ3n) is 2.86. The van der Waals surface area contributed by atoms with E-state index in [1.807, 2.05) is 0 Å². The van der Waals surface area contributed by atoms with E-state index in [1.54, 1.807) is 12.1 Å². The zero-order chi connectivity index (χ0) is 15.3. The van der Waals surface area contributed by atoms with E-state index in [0.717, 1.165) is 6.26 Å². The zero-order valence-corrected chi connectivity index (χ0v) is 12.9. The largest absolute Gasteiger partial charge is 0.493 e. The maximum absolute atomic E-state index is 11.2. The van der Waals surface area contributed by atoms with Crippen molar-refractivity contribution in [3.63, 3.8) is 0 Å². The quantitative estimate of drug-likeness (QED) is 0.814. The lowest BCUT2D eigenvalue weighted by atomic mass is 10.0. The molecule has 1 N–H and O–H groups in total. The number of aliphatic hydroxyl groups is 1. The molecular weight excluding hydrogens is 284 g/mol. The number of aliphatic hydroxyl groups excluding tert-OH is 1. The van der Waals surface area contributed by atoms with Gasteiger partial charge >= 0.3 is 0 Å². The molecule has 6 nitrogen and oxygen atoms in total. The SMILES string of the molecule is COc1ccc(C(O)CCS(C)(=O)=O)c(OC)c1OC. The van der Waals surface area contributed by atoms with Crippen molar-refractivity contribution >= 4 is 9.84 Å². The highest BCUT2D eigenvalue weighted by Crippen LogP contribution is 2.42. The Labute approximate surface area is 119 Å². The van der Waals surface area contributed by atoms with E-state index in [0.29, 0.717) is 22.8 Å². The summed E-state index contributed by atoms with van der Waals surface area (Å²) in [5.41, 5.74) is 0.466. The standard InChI is InChI=1S/C13H20O6S/c1-17-11-6-5-9(12(18-2)13(11)19-3)10(14)7-8-20(4,15)16/h5-6,10,14H,7-8H2,1-4H3. The number of methoxy groups -OCH3 is 3. The summed E-state index contributed by atoms with van der Waals surface area (Å²) in [4.78, 5) is 0. The second-order valence-corrected chi connectivity index (χ2v) is 6.62.